The Kier molecular flexibility index (Phi) is 5.49. The normalized spacial score (nSPS) is 12.5. The summed E-state index contributed by atoms with van der Waals surface area (Å²) in [5.41, 5.74) is -0.270. The minimum absolute atomic E-state index is 0.164. The van der Waals surface area contributed by atoms with Gasteiger partial charge in [-0.05, 0) is 29.8 Å². The SMILES string of the molecule is CC(=O)Oc1ccc(C[C@@H](C(=O)O)n2cccc2C(=O)C(F)(F)F)cc1. The first-order valence-electron chi connectivity index (χ1n) is 7.38. The predicted molar refractivity (Wildman–Crippen MR) is 82.9 cm³/mol. The molecule has 2 aromatic rings. The van der Waals surface area contributed by atoms with Crippen molar-refractivity contribution in [2.45, 2.75) is 25.6 Å². The summed E-state index contributed by atoms with van der Waals surface area (Å²) < 4.78 is 43.7. The number of ether oxygens (including phenoxy) is 1. The van der Waals surface area contributed by atoms with Crippen LogP contribution in [0, 0.1) is 0 Å². The lowest BCUT2D eigenvalue weighted by atomic mass is 10.1. The summed E-state index contributed by atoms with van der Waals surface area (Å²) >= 11 is 0. The van der Waals surface area contributed by atoms with E-state index in [0.29, 0.717) is 5.56 Å². The number of Topliss-reactive ketones (excluding diaryl/α,β-unsaturated/α-hetero) is 1. The van der Waals surface area contributed by atoms with E-state index in [0.717, 1.165) is 16.8 Å². The van der Waals surface area contributed by atoms with Gasteiger partial charge in [0, 0.05) is 19.5 Å². The fraction of sp³-hybridized carbons (Fsp3) is 0.235. The lowest BCUT2D eigenvalue weighted by molar-refractivity contribution is -0.141. The number of ketones is 1. The van der Waals surface area contributed by atoms with Crippen LogP contribution in [0.5, 0.6) is 5.75 Å². The summed E-state index contributed by atoms with van der Waals surface area (Å²) in [5.74, 6) is -3.77. The zero-order valence-electron chi connectivity index (χ0n) is 13.5. The summed E-state index contributed by atoms with van der Waals surface area (Å²) in [6.07, 6.45) is -4.15. The average Bonchev–Trinajstić information content (AvgIpc) is 3.00. The van der Waals surface area contributed by atoms with Crippen LogP contribution in [0.25, 0.3) is 0 Å². The average molecular weight is 369 g/mol. The van der Waals surface area contributed by atoms with Gasteiger partial charge in [0.1, 0.15) is 11.8 Å². The van der Waals surface area contributed by atoms with Crippen molar-refractivity contribution in [1.82, 2.24) is 4.57 Å². The molecular formula is C17H14F3NO5. The maximum atomic E-state index is 12.7. The number of hydrogen-bond donors (Lipinski definition) is 1. The molecule has 1 heterocycles. The van der Waals surface area contributed by atoms with Gasteiger partial charge in [0.15, 0.2) is 0 Å². The fourth-order valence-corrected chi connectivity index (χ4v) is 2.39. The number of halogens is 3. The quantitative estimate of drug-likeness (QED) is 0.481. The maximum absolute atomic E-state index is 12.7. The van der Waals surface area contributed by atoms with Crippen LogP contribution in [0.15, 0.2) is 42.6 Å². The number of esters is 1. The van der Waals surface area contributed by atoms with Crippen LogP contribution < -0.4 is 4.74 Å². The second kappa shape index (κ2) is 7.42. The first-order chi connectivity index (χ1) is 12.1. The third-order valence-electron chi connectivity index (χ3n) is 3.50. The summed E-state index contributed by atoms with van der Waals surface area (Å²) in [5, 5.41) is 9.41. The molecule has 0 aliphatic heterocycles. The van der Waals surface area contributed by atoms with Crippen LogP contribution in [0.2, 0.25) is 0 Å². The van der Waals surface area contributed by atoms with Gasteiger partial charge in [0.25, 0.3) is 5.78 Å². The third kappa shape index (κ3) is 4.50. The van der Waals surface area contributed by atoms with E-state index >= 15 is 0 Å². The number of aromatic nitrogens is 1. The lowest BCUT2D eigenvalue weighted by Gasteiger charge is -2.18. The molecule has 0 saturated heterocycles. The van der Waals surface area contributed by atoms with Crippen LogP contribution in [0.1, 0.15) is 29.0 Å². The molecule has 1 aromatic carbocycles. The van der Waals surface area contributed by atoms with E-state index < -0.39 is 35.6 Å². The van der Waals surface area contributed by atoms with Gasteiger partial charge in [-0.1, -0.05) is 12.1 Å². The van der Waals surface area contributed by atoms with Crippen molar-refractivity contribution in [3.63, 3.8) is 0 Å². The lowest BCUT2D eigenvalue weighted by Crippen LogP contribution is -2.29. The summed E-state index contributed by atoms with van der Waals surface area (Å²) in [6.45, 7) is 1.22. The van der Waals surface area contributed by atoms with Crippen molar-refractivity contribution in [1.29, 1.82) is 0 Å². The Bertz CT molecular complexity index is 824. The van der Waals surface area contributed by atoms with E-state index in [1.807, 2.05) is 0 Å². The van der Waals surface area contributed by atoms with Crippen LogP contribution in [-0.2, 0) is 16.0 Å². The molecule has 138 valence electrons. The van der Waals surface area contributed by atoms with E-state index in [1.165, 1.54) is 37.3 Å². The second-order valence-corrected chi connectivity index (χ2v) is 5.42. The molecule has 26 heavy (non-hydrogen) atoms. The third-order valence-corrected chi connectivity index (χ3v) is 3.50. The van der Waals surface area contributed by atoms with Crippen molar-refractivity contribution in [3.8, 4) is 5.75 Å². The Balaban J connectivity index is 2.28. The molecule has 6 nitrogen and oxygen atoms in total. The number of alkyl halides is 3. The van der Waals surface area contributed by atoms with Gasteiger partial charge in [-0.25, -0.2) is 4.79 Å². The van der Waals surface area contributed by atoms with Crippen LogP contribution in [-0.4, -0.2) is 33.6 Å². The Morgan fingerprint density at radius 1 is 1.15 bits per heavy atom. The molecule has 1 aromatic heterocycles. The Morgan fingerprint density at radius 2 is 1.77 bits per heavy atom. The van der Waals surface area contributed by atoms with Crippen LogP contribution in [0.4, 0.5) is 13.2 Å². The van der Waals surface area contributed by atoms with Crippen molar-refractivity contribution in [2.24, 2.45) is 0 Å². The van der Waals surface area contributed by atoms with Gasteiger partial charge >= 0.3 is 18.1 Å². The number of carbonyl (C=O) groups excluding carboxylic acids is 2. The zero-order chi connectivity index (χ0) is 19.5. The second-order valence-electron chi connectivity index (χ2n) is 5.42. The number of nitrogens with zero attached hydrogens (tertiary/aromatic N) is 1. The molecule has 1 N–H and O–H groups in total. The van der Waals surface area contributed by atoms with E-state index in [9.17, 15) is 32.7 Å². The topological polar surface area (TPSA) is 85.6 Å². The molecule has 0 fully saturated rings. The molecule has 0 saturated carbocycles. The Hall–Kier alpha value is -3.10. The Labute approximate surface area is 145 Å². The number of rotatable bonds is 6. The predicted octanol–water partition coefficient (Wildman–Crippen LogP) is 3.03. The largest absolute Gasteiger partial charge is 0.480 e. The van der Waals surface area contributed by atoms with E-state index in [-0.39, 0.29) is 12.2 Å². The smallest absolute Gasteiger partial charge is 0.456 e. The molecule has 0 aliphatic carbocycles. The maximum Gasteiger partial charge on any atom is 0.456 e. The van der Waals surface area contributed by atoms with E-state index in [2.05, 4.69) is 0 Å². The summed E-state index contributed by atoms with van der Waals surface area (Å²) in [6, 6.07) is 6.55. The van der Waals surface area contributed by atoms with Crippen molar-refractivity contribution >= 4 is 17.7 Å². The van der Waals surface area contributed by atoms with E-state index in [4.69, 9.17) is 4.74 Å². The van der Waals surface area contributed by atoms with Crippen molar-refractivity contribution in [2.75, 3.05) is 0 Å². The number of hydrogen-bond acceptors (Lipinski definition) is 4. The van der Waals surface area contributed by atoms with Gasteiger partial charge in [0.2, 0.25) is 0 Å². The number of aliphatic carboxylic acids is 1. The van der Waals surface area contributed by atoms with Gasteiger partial charge in [-0.3, -0.25) is 9.59 Å². The first-order valence-corrected chi connectivity index (χ1v) is 7.38. The monoisotopic (exact) mass is 369 g/mol. The van der Waals surface area contributed by atoms with Gasteiger partial charge in [0.05, 0.1) is 5.69 Å². The van der Waals surface area contributed by atoms with Crippen LogP contribution >= 0.6 is 0 Å². The molecule has 0 radical (unpaired) electrons. The minimum Gasteiger partial charge on any atom is -0.480 e. The summed E-state index contributed by atoms with van der Waals surface area (Å²) in [7, 11) is 0. The van der Waals surface area contributed by atoms with Gasteiger partial charge in [-0.2, -0.15) is 13.2 Å². The molecule has 0 spiro atoms. The Morgan fingerprint density at radius 3 is 2.27 bits per heavy atom. The number of benzene rings is 1. The molecule has 0 amide bonds. The van der Waals surface area contributed by atoms with Crippen molar-refractivity contribution in [3.05, 3.63) is 53.9 Å². The van der Waals surface area contributed by atoms with E-state index in [1.54, 1.807) is 0 Å². The fourth-order valence-electron chi connectivity index (χ4n) is 2.39. The molecular weight excluding hydrogens is 355 g/mol. The van der Waals surface area contributed by atoms with Gasteiger partial charge in [-0.15, -0.1) is 0 Å². The van der Waals surface area contributed by atoms with Crippen molar-refractivity contribution < 1.29 is 37.4 Å². The molecule has 2 rings (SSSR count). The molecule has 0 bridgehead atoms. The standard InChI is InChI=1S/C17H14F3NO5/c1-10(22)26-12-6-4-11(5-7-12)9-14(16(24)25)21-8-2-3-13(21)15(23)17(18,19)20/h2-8,14H,9H2,1H3,(H,24,25)/t14-/m0/s1. The van der Waals surface area contributed by atoms with Crippen LogP contribution in [0.3, 0.4) is 0 Å². The number of carboxylic acid groups (broad SMARTS) is 1. The minimum atomic E-state index is -5.11. The number of carbonyl (C=O) groups is 3. The summed E-state index contributed by atoms with van der Waals surface area (Å²) in [4.78, 5) is 33.9. The molecule has 9 heteroatoms. The zero-order valence-corrected chi connectivity index (χ0v) is 13.5. The number of carboxylic acids is 1. The highest BCUT2D eigenvalue weighted by atomic mass is 19.4. The van der Waals surface area contributed by atoms with Gasteiger partial charge < -0.3 is 14.4 Å². The highest BCUT2D eigenvalue weighted by molar-refractivity contribution is 5.99. The molecule has 1 atom stereocenters. The molecule has 0 aliphatic rings. The first kappa shape index (κ1) is 19.2. The highest BCUT2D eigenvalue weighted by Gasteiger charge is 2.41. The highest BCUT2D eigenvalue weighted by Crippen LogP contribution is 2.26. The molecule has 0 unspecified atom stereocenters.